The number of likely N-dealkylation sites (N-methyl/N-ethyl adjacent to an activating group) is 1. The van der Waals surface area contributed by atoms with Crippen molar-refractivity contribution in [2.24, 2.45) is 0 Å². The molecule has 0 N–H and O–H groups in total. The zero-order valence-electron chi connectivity index (χ0n) is 21.8. The maximum atomic E-state index is 15.1. The summed E-state index contributed by atoms with van der Waals surface area (Å²) in [5.74, 6) is -0.284. The molecule has 202 valence electrons. The van der Waals surface area contributed by atoms with Crippen molar-refractivity contribution in [2.75, 3.05) is 38.2 Å². The van der Waals surface area contributed by atoms with Gasteiger partial charge in [0.15, 0.2) is 11.0 Å². The van der Waals surface area contributed by atoms with E-state index in [9.17, 15) is 9.18 Å². The lowest BCUT2D eigenvalue weighted by Gasteiger charge is -2.42. The summed E-state index contributed by atoms with van der Waals surface area (Å²) in [5.41, 5.74) is -1.11. The fourth-order valence-corrected chi connectivity index (χ4v) is 5.74. The number of amides is 1. The lowest BCUT2D eigenvalue weighted by molar-refractivity contribution is 0.0122. The molecule has 3 aliphatic heterocycles. The molecule has 1 amide bonds. The summed E-state index contributed by atoms with van der Waals surface area (Å²) >= 11 is 5.97. The number of halogens is 3. The molecule has 0 saturated carbocycles. The minimum absolute atomic E-state index is 0.00946. The number of alkyl halides is 1. The van der Waals surface area contributed by atoms with Crippen molar-refractivity contribution in [1.29, 1.82) is 0 Å². The highest BCUT2D eigenvalue weighted by atomic mass is 35.5. The molecular weight excluding hydrogens is 506 g/mol. The van der Waals surface area contributed by atoms with Crippen molar-refractivity contribution < 1.29 is 23.0 Å². The van der Waals surface area contributed by atoms with Gasteiger partial charge in [-0.05, 0) is 47.6 Å². The maximum absolute atomic E-state index is 15.1. The van der Waals surface area contributed by atoms with Crippen LogP contribution in [0.2, 0.25) is 5.15 Å². The largest absolute Gasteiger partial charge is 0.461 e. The Hall–Kier alpha value is -2.53. The Morgan fingerprint density at radius 1 is 1.22 bits per heavy atom. The normalized spacial score (nSPS) is 28.3. The number of hydrogen-bond acceptors (Lipinski definition) is 8. The second-order valence-corrected chi connectivity index (χ2v) is 12.0. The lowest BCUT2D eigenvalue weighted by Crippen LogP contribution is -2.57. The quantitative estimate of drug-likeness (QED) is 0.535. The molecule has 0 spiro atoms. The van der Waals surface area contributed by atoms with E-state index in [0.717, 1.165) is 12.8 Å². The van der Waals surface area contributed by atoms with Gasteiger partial charge >= 0.3 is 12.1 Å². The third-order valence-corrected chi connectivity index (χ3v) is 7.82. The van der Waals surface area contributed by atoms with E-state index in [2.05, 4.69) is 15.0 Å². The van der Waals surface area contributed by atoms with Gasteiger partial charge in [0.25, 0.3) is 0 Å². The molecule has 2 aromatic rings. The van der Waals surface area contributed by atoms with Crippen LogP contribution in [0.15, 0.2) is 6.20 Å². The molecule has 3 fully saturated rings. The number of pyridine rings is 1. The van der Waals surface area contributed by atoms with Crippen molar-refractivity contribution in [2.45, 2.75) is 76.4 Å². The van der Waals surface area contributed by atoms with Crippen LogP contribution in [0, 0.1) is 5.82 Å². The Balaban J connectivity index is 1.44. The summed E-state index contributed by atoms with van der Waals surface area (Å²) in [6, 6.07) is -0.149. The second-order valence-electron chi connectivity index (χ2n) is 11.6. The van der Waals surface area contributed by atoms with E-state index < -0.39 is 23.1 Å². The first-order valence-corrected chi connectivity index (χ1v) is 13.0. The molecule has 0 aliphatic carbocycles. The van der Waals surface area contributed by atoms with Gasteiger partial charge in [-0.15, -0.1) is 0 Å². The molecule has 0 aromatic carbocycles. The van der Waals surface area contributed by atoms with Gasteiger partial charge in [-0.1, -0.05) is 11.6 Å². The lowest BCUT2D eigenvalue weighted by atomic mass is 10.0. The zero-order chi connectivity index (χ0) is 26.7. The van der Waals surface area contributed by atoms with E-state index in [1.165, 1.54) is 6.20 Å². The van der Waals surface area contributed by atoms with Crippen LogP contribution in [0.1, 0.15) is 47.0 Å². The second kappa shape index (κ2) is 9.34. The van der Waals surface area contributed by atoms with Crippen molar-refractivity contribution >= 4 is 34.4 Å². The molecule has 3 aliphatic rings. The van der Waals surface area contributed by atoms with Gasteiger partial charge in [0.2, 0.25) is 0 Å². The Bertz CT molecular complexity index is 1200. The van der Waals surface area contributed by atoms with Crippen LogP contribution < -0.4 is 9.64 Å². The molecule has 5 rings (SSSR count). The smallest absolute Gasteiger partial charge is 0.410 e. The topological polar surface area (TPSA) is 83.9 Å². The minimum atomic E-state index is -0.939. The van der Waals surface area contributed by atoms with Crippen LogP contribution in [0.4, 0.5) is 19.4 Å². The van der Waals surface area contributed by atoms with E-state index in [0.29, 0.717) is 37.3 Å². The van der Waals surface area contributed by atoms with Gasteiger partial charge in [0.05, 0.1) is 23.0 Å². The summed E-state index contributed by atoms with van der Waals surface area (Å²) in [7, 11) is 1.85. The van der Waals surface area contributed by atoms with E-state index in [4.69, 9.17) is 21.1 Å². The number of rotatable bonds is 4. The van der Waals surface area contributed by atoms with Gasteiger partial charge in [-0.3, -0.25) is 9.80 Å². The summed E-state index contributed by atoms with van der Waals surface area (Å²) in [5, 5.41) is 0.119. The number of hydrogen-bond donors (Lipinski definition) is 0. The number of nitrogens with zero attached hydrogens (tertiary/aromatic N) is 6. The number of piperazine rings is 1. The highest BCUT2D eigenvalue weighted by Crippen LogP contribution is 2.37. The first-order chi connectivity index (χ1) is 17.3. The average molecular weight is 539 g/mol. The molecule has 2 aromatic heterocycles. The summed E-state index contributed by atoms with van der Waals surface area (Å²) in [6.45, 7) is 8.93. The third-order valence-electron chi connectivity index (χ3n) is 7.55. The monoisotopic (exact) mass is 538 g/mol. The van der Waals surface area contributed by atoms with Gasteiger partial charge in [-0.25, -0.2) is 18.6 Å². The van der Waals surface area contributed by atoms with Crippen LogP contribution in [0.25, 0.3) is 10.9 Å². The molecular formula is C25H33ClF2N6O3. The van der Waals surface area contributed by atoms with Crippen LogP contribution in [-0.2, 0) is 4.74 Å². The summed E-state index contributed by atoms with van der Waals surface area (Å²) in [6.07, 6.45) is 2.19. The Labute approximate surface area is 220 Å². The Morgan fingerprint density at radius 2 is 1.89 bits per heavy atom. The number of fused-ring (bicyclic) bond motifs is 3. The van der Waals surface area contributed by atoms with E-state index in [1.54, 1.807) is 0 Å². The van der Waals surface area contributed by atoms with E-state index in [-0.39, 0.29) is 41.5 Å². The number of carbonyl (C=O) groups excluding carboxylic acids is 1. The number of anilines is 1. The SMILES string of the molecule is CN1C[C@H](F)C[C@@]1(C)COc1nc(N2C[C@H]3CC[C@@H](C2)N3C(=O)OC(C)(C)C)c2cnc(Cl)c(F)c2n1. The van der Waals surface area contributed by atoms with Crippen molar-refractivity contribution in [1.82, 2.24) is 24.8 Å². The highest BCUT2D eigenvalue weighted by Gasteiger charge is 2.45. The van der Waals surface area contributed by atoms with Crippen LogP contribution in [-0.4, -0.2) is 93.5 Å². The van der Waals surface area contributed by atoms with Gasteiger partial charge in [-0.2, -0.15) is 9.97 Å². The van der Waals surface area contributed by atoms with E-state index >= 15 is 4.39 Å². The first kappa shape index (κ1) is 26.1. The number of aromatic nitrogens is 3. The van der Waals surface area contributed by atoms with Gasteiger partial charge < -0.3 is 14.4 Å². The molecule has 4 atom stereocenters. The number of carbonyl (C=O) groups is 1. The Kier molecular flexibility index (Phi) is 6.59. The van der Waals surface area contributed by atoms with E-state index in [1.807, 2.05) is 49.4 Å². The van der Waals surface area contributed by atoms with Crippen molar-refractivity contribution in [3.05, 3.63) is 17.2 Å². The van der Waals surface area contributed by atoms with Crippen molar-refractivity contribution in [3.8, 4) is 6.01 Å². The van der Waals surface area contributed by atoms with Gasteiger partial charge in [0.1, 0.15) is 29.7 Å². The predicted octanol–water partition coefficient (Wildman–Crippen LogP) is 4.22. The summed E-state index contributed by atoms with van der Waals surface area (Å²) < 4.78 is 40.7. The molecule has 3 saturated heterocycles. The fraction of sp³-hybridized carbons (Fsp3) is 0.680. The highest BCUT2D eigenvalue weighted by molar-refractivity contribution is 6.30. The van der Waals surface area contributed by atoms with Crippen LogP contribution >= 0.6 is 11.6 Å². The number of likely N-dealkylation sites (tertiary alicyclic amines) is 1. The average Bonchev–Trinajstić information content (AvgIpc) is 3.23. The minimum Gasteiger partial charge on any atom is -0.461 e. The number of ether oxygens (including phenoxy) is 2. The molecule has 37 heavy (non-hydrogen) atoms. The molecule has 0 unspecified atom stereocenters. The molecule has 12 heteroatoms. The van der Waals surface area contributed by atoms with Crippen LogP contribution in [0.5, 0.6) is 6.01 Å². The molecule has 2 bridgehead atoms. The fourth-order valence-electron chi connectivity index (χ4n) is 5.60. The maximum Gasteiger partial charge on any atom is 0.410 e. The van der Waals surface area contributed by atoms with Crippen LogP contribution in [0.3, 0.4) is 0 Å². The first-order valence-electron chi connectivity index (χ1n) is 12.6. The Morgan fingerprint density at radius 3 is 2.49 bits per heavy atom. The van der Waals surface area contributed by atoms with Crippen molar-refractivity contribution in [3.63, 3.8) is 0 Å². The standard InChI is InChI=1S/C25H33ClF2N6O3/c1-24(2,3)37-23(35)34-15-6-7-16(34)12-33(11-15)21-17-9-29-20(26)18(28)19(17)30-22(31-21)36-13-25(4)8-14(27)10-32(25)5/h9,14-16H,6-8,10-13H2,1-5H3/t14-,15-,16+,25+/m1/s1. The van der Waals surface area contributed by atoms with Gasteiger partial charge in [0, 0.05) is 32.3 Å². The molecule has 0 radical (unpaired) electrons. The third kappa shape index (κ3) is 4.99. The molecule has 9 nitrogen and oxygen atoms in total. The molecule has 5 heterocycles. The predicted molar refractivity (Wildman–Crippen MR) is 135 cm³/mol. The summed E-state index contributed by atoms with van der Waals surface area (Å²) in [4.78, 5) is 31.6. The zero-order valence-corrected chi connectivity index (χ0v) is 22.6.